The van der Waals surface area contributed by atoms with Crippen LogP contribution in [0.2, 0.25) is 0 Å². The van der Waals surface area contributed by atoms with Crippen molar-refractivity contribution in [2.24, 2.45) is 0 Å². The van der Waals surface area contributed by atoms with Crippen molar-refractivity contribution in [2.45, 2.75) is 19.8 Å². The molecule has 0 atom stereocenters. The van der Waals surface area contributed by atoms with Crippen LogP contribution in [0.4, 0.5) is 0 Å². The van der Waals surface area contributed by atoms with Crippen LogP contribution in [0.25, 0.3) is 0 Å². The van der Waals surface area contributed by atoms with E-state index in [4.69, 9.17) is 6.42 Å². The molecule has 0 amide bonds. The molecule has 0 radical (unpaired) electrons. The number of terminal acetylenes is 1. The first-order valence-electron chi connectivity index (χ1n) is 5.25. The molecule has 1 aliphatic heterocycles. The molecule has 0 saturated carbocycles. The molecule has 2 nitrogen and oxygen atoms in total. The van der Waals surface area contributed by atoms with Crippen molar-refractivity contribution in [1.29, 1.82) is 0 Å². The van der Waals surface area contributed by atoms with Crippen molar-refractivity contribution in [3.05, 3.63) is 0 Å². The fraction of sp³-hybridized carbons (Fsp3) is 0.818. The molecular weight excluding hydrogens is 160 g/mol. The minimum absolute atomic E-state index is 0.821. The van der Waals surface area contributed by atoms with Crippen molar-refractivity contribution >= 4 is 0 Å². The lowest BCUT2D eigenvalue weighted by atomic mass is 10.2. The molecule has 1 saturated heterocycles. The maximum absolute atomic E-state index is 5.27. The van der Waals surface area contributed by atoms with E-state index < -0.39 is 0 Å². The van der Waals surface area contributed by atoms with Crippen LogP contribution in [0.15, 0.2) is 0 Å². The van der Waals surface area contributed by atoms with Gasteiger partial charge in [-0.15, -0.1) is 6.42 Å². The lowest BCUT2D eigenvalue weighted by Gasteiger charge is -2.33. The molecule has 1 heterocycles. The summed E-state index contributed by atoms with van der Waals surface area (Å²) in [6.07, 6.45) is 7.89. The third-order valence-electron chi connectivity index (χ3n) is 2.61. The first-order valence-corrected chi connectivity index (χ1v) is 5.25. The maximum atomic E-state index is 5.27. The van der Waals surface area contributed by atoms with Crippen molar-refractivity contribution in [1.82, 2.24) is 9.80 Å². The fourth-order valence-corrected chi connectivity index (χ4v) is 1.68. The van der Waals surface area contributed by atoms with Gasteiger partial charge in [0.05, 0.1) is 6.54 Å². The minimum atomic E-state index is 0.821. The van der Waals surface area contributed by atoms with E-state index in [2.05, 4.69) is 22.6 Å². The summed E-state index contributed by atoms with van der Waals surface area (Å²) in [5.74, 6) is 2.70. The summed E-state index contributed by atoms with van der Waals surface area (Å²) in [5, 5.41) is 0. The average molecular weight is 180 g/mol. The summed E-state index contributed by atoms with van der Waals surface area (Å²) in [7, 11) is 0. The second-order valence-corrected chi connectivity index (χ2v) is 3.68. The second kappa shape index (κ2) is 6.01. The van der Waals surface area contributed by atoms with Crippen molar-refractivity contribution in [2.75, 3.05) is 39.3 Å². The third kappa shape index (κ3) is 3.80. The van der Waals surface area contributed by atoms with Gasteiger partial charge in [0.15, 0.2) is 0 Å². The van der Waals surface area contributed by atoms with Gasteiger partial charge in [0.1, 0.15) is 0 Å². The van der Waals surface area contributed by atoms with Crippen LogP contribution < -0.4 is 0 Å². The molecule has 0 aromatic carbocycles. The van der Waals surface area contributed by atoms with E-state index in [1.165, 1.54) is 32.5 Å². The van der Waals surface area contributed by atoms with Crippen LogP contribution in [-0.2, 0) is 0 Å². The summed E-state index contributed by atoms with van der Waals surface area (Å²) < 4.78 is 0. The largest absolute Gasteiger partial charge is 0.301 e. The standard InChI is InChI=1S/C11H20N2/c1-3-5-7-13-10-8-12(6-4-2)9-11-13/h2H,3,5-11H2,1H3. The van der Waals surface area contributed by atoms with E-state index in [9.17, 15) is 0 Å². The zero-order chi connectivity index (χ0) is 9.52. The van der Waals surface area contributed by atoms with Crippen LogP contribution in [0.5, 0.6) is 0 Å². The quantitative estimate of drug-likeness (QED) is 0.596. The highest BCUT2D eigenvalue weighted by Gasteiger charge is 2.14. The van der Waals surface area contributed by atoms with E-state index in [1.807, 2.05) is 0 Å². The van der Waals surface area contributed by atoms with Crippen LogP contribution in [0.1, 0.15) is 19.8 Å². The minimum Gasteiger partial charge on any atom is -0.301 e. The third-order valence-corrected chi connectivity index (χ3v) is 2.61. The van der Waals surface area contributed by atoms with Gasteiger partial charge in [-0.2, -0.15) is 0 Å². The molecule has 0 aliphatic carbocycles. The van der Waals surface area contributed by atoms with Crippen LogP contribution in [0, 0.1) is 12.3 Å². The summed E-state index contributed by atoms with van der Waals surface area (Å²) in [6.45, 7) is 9.02. The van der Waals surface area contributed by atoms with Gasteiger partial charge in [-0.1, -0.05) is 19.3 Å². The Hall–Kier alpha value is -0.520. The highest BCUT2D eigenvalue weighted by molar-refractivity contribution is 4.89. The van der Waals surface area contributed by atoms with Crippen molar-refractivity contribution < 1.29 is 0 Å². The number of unbranched alkanes of at least 4 members (excludes halogenated alkanes) is 1. The van der Waals surface area contributed by atoms with Gasteiger partial charge in [-0.3, -0.25) is 4.90 Å². The zero-order valence-corrected chi connectivity index (χ0v) is 8.63. The summed E-state index contributed by atoms with van der Waals surface area (Å²) in [4.78, 5) is 4.89. The molecule has 0 aromatic heterocycles. The van der Waals surface area contributed by atoms with Gasteiger partial charge < -0.3 is 4.90 Å². The second-order valence-electron chi connectivity index (χ2n) is 3.68. The molecule has 74 valence electrons. The Kier molecular flexibility index (Phi) is 4.88. The molecule has 1 aliphatic rings. The Labute approximate surface area is 81.9 Å². The number of rotatable bonds is 4. The maximum Gasteiger partial charge on any atom is 0.0599 e. The summed E-state index contributed by atoms with van der Waals surface area (Å²) in [6, 6.07) is 0. The molecule has 0 bridgehead atoms. The van der Waals surface area contributed by atoms with E-state index in [0.717, 1.165) is 19.6 Å². The SMILES string of the molecule is C#CCN1CCN(CCCC)CC1. The predicted octanol–water partition coefficient (Wildman–Crippen LogP) is 1.04. The van der Waals surface area contributed by atoms with Crippen LogP contribution in [-0.4, -0.2) is 49.1 Å². The van der Waals surface area contributed by atoms with Gasteiger partial charge in [0.2, 0.25) is 0 Å². The van der Waals surface area contributed by atoms with Crippen molar-refractivity contribution in [3.8, 4) is 12.3 Å². The number of hydrogen-bond acceptors (Lipinski definition) is 2. The van der Waals surface area contributed by atoms with E-state index in [1.54, 1.807) is 0 Å². The Morgan fingerprint density at radius 2 is 1.77 bits per heavy atom. The van der Waals surface area contributed by atoms with E-state index in [-0.39, 0.29) is 0 Å². The number of hydrogen-bond donors (Lipinski definition) is 0. The Morgan fingerprint density at radius 1 is 1.15 bits per heavy atom. The number of nitrogens with zero attached hydrogens (tertiary/aromatic N) is 2. The fourth-order valence-electron chi connectivity index (χ4n) is 1.68. The average Bonchev–Trinajstić information content (AvgIpc) is 2.17. The number of piperazine rings is 1. The normalized spacial score (nSPS) is 20.0. The molecule has 0 N–H and O–H groups in total. The summed E-state index contributed by atoms with van der Waals surface area (Å²) in [5.41, 5.74) is 0. The molecule has 1 fully saturated rings. The first-order chi connectivity index (χ1) is 6.36. The molecule has 13 heavy (non-hydrogen) atoms. The highest BCUT2D eigenvalue weighted by atomic mass is 15.3. The monoisotopic (exact) mass is 180 g/mol. The van der Waals surface area contributed by atoms with Gasteiger partial charge in [0, 0.05) is 26.2 Å². The van der Waals surface area contributed by atoms with E-state index >= 15 is 0 Å². The Bertz CT molecular complexity index is 163. The topological polar surface area (TPSA) is 6.48 Å². The lowest BCUT2D eigenvalue weighted by Crippen LogP contribution is -2.46. The molecule has 0 spiro atoms. The predicted molar refractivity (Wildman–Crippen MR) is 56.6 cm³/mol. The smallest absolute Gasteiger partial charge is 0.0599 e. The van der Waals surface area contributed by atoms with Gasteiger partial charge in [0.25, 0.3) is 0 Å². The van der Waals surface area contributed by atoms with Gasteiger partial charge >= 0.3 is 0 Å². The molecule has 0 unspecified atom stereocenters. The van der Waals surface area contributed by atoms with Gasteiger partial charge in [-0.05, 0) is 13.0 Å². The summed E-state index contributed by atoms with van der Waals surface area (Å²) >= 11 is 0. The molecule has 2 heteroatoms. The highest BCUT2D eigenvalue weighted by Crippen LogP contribution is 2.02. The Morgan fingerprint density at radius 3 is 2.31 bits per heavy atom. The van der Waals surface area contributed by atoms with E-state index in [0.29, 0.717) is 0 Å². The van der Waals surface area contributed by atoms with Gasteiger partial charge in [-0.25, -0.2) is 0 Å². The molecule has 1 rings (SSSR count). The van der Waals surface area contributed by atoms with Crippen LogP contribution in [0.3, 0.4) is 0 Å². The zero-order valence-electron chi connectivity index (χ0n) is 8.63. The van der Waals surface area contributed by atoms with Crippen molar-refractivity contribution in [3.63, 3.8) is 0 Å². The molecule has 0 aromatic rings. The first kappa shape index (κ1) is 10.6. The lowest BCUT2D eigenvalue weighted by molar-refractivity contribution is 0.143. The van der Waals surface area contributed by atoms with Crippen LogP contribution >= 0.6 is 0 Å². The molecular formula is C11H20N2. The Balaban J connectivity index is 2.12.